The molecule has 0 saturated carbocycles. The average molecular weight is 496 g/mol. The van der Waals surface area contributed by atoms with Gasteiger partial charge in [-0.25, -0.2) is 0 Å². The number of ether oxygens (including phenoxy) is 1. The third-order valence-corrected chi connectivity index (χ3v) is 4.32. The Morgan fingerprint density at radius 1 is 0.875 bits per heavy atom. The third-order valence-electron chi connectivity index (χ3n) is 3.98. The second-order valence-corrected chi connectivity index (χ2v) is 6.13. The van der Waals surface area contributed by atoms with Crippen molar-refractivity contribution < 1.29 is 24.4 Å². The SMILES string of the molecule is [Pt]=[N]/C=C\c1ccc(CCOCc2ccccc2)c2ccccc12. The molecule has 3 aromatic carbocycles. The fourth-order valence-corrected chi connectivity index (χ4v) is 2.97. The molecule has 0 amide bonds. The van der Waals surface area contributed by atoms with Crippen LogP contribution in [0.1, 0.15) is 16.7 Å². The predicted molar refractivity (Wildman–Crippen MR) is 95.2 cm³/mol. The molecule has 0 atom stereocenters. The van der Waals surface area contributed by atoms with Gasteiger partial charge in [0, 0.05) is 0 Å². The van der Waals surface area contributed by atoms with Gasteiger partial charge in [0.15, 0.2) is 0 Å². The van der Waals surface area contributed by atoms with E-state index in [0.29, 0.717) is 6.61 Å². The summed E-state index contributed by atoms with van der Waals surface area (Å²) in [6.45, 7) is 1.38. The van der Waals surface area contributed by atoms with Crippen molar-refractivity contribution in [2.24, 2.45) is 3.50 Å². The van der Waals surface area contributed by atoms with E-state index < -0.39 is 0 Å². The monoisotopic (exact) mass is 496 g/mol. The molecule has 3 heteroatoms. The molecule has 24 heavy (non-hydrogen) atoms. The predicted octanol–water partition coefficient (Wildman–Crippen LogP) is 5.30. The molecular weight excluding hydrogens is 477 g/mol. The molecule has 0 heterocycles. The Morgan fingerprint density at radius 3 is 2.42 bits per heavy atom. The van der Waals surface area contributed by atoms with E-state index in [1.807, 2.05) is 50.1 Å². The van der Waals surface area contributed by atoms with E-state index in [2.05, 4.69) is 52.0 Å². The van der Waals surface area contributed by atoms with E-state index in [4.69, 9.17) is 4.74 Å². The van der Waals surface area contributed by atoms with Gasteiger partial charge in [0.05, 0.1) is 0 Å². The van der Waals surface area contributed by atoms with Crippen molar-refractivity contribution in [2.75, 3.05) is 6.61 Å². The Morgan fingerprint density at radius 2 is 1.62 bits per heavy atom. The standard InChI is InChI=1S/C21H19NO.Pt/c22-14-12-18-10-11-19(21-9-5-4-8-20(18)21)13-15-23-16-17-6-2-1-3-7-17;/h1-12,14H,13,15-16H2;/b14-12-;. The van der Waals surface area contributed by atoms with E-state index in [9.17, 15) is 0 Å². The van der Waals surface area contributed by atoms with Crippen LogP contribution in [-0.4, -0.2) is 6.61 Å². The molecule has 0 fully saturated rings. The number of benzene rings is 3. The van der Waals surface area contributed by atoms with Gasteiger partial charge in [-0.1, -0.05) is 30.3 Å². The van der Waals surface area contributed by atoms with Crippen molar-refractivity contribution in [2.45, 2.75) is 13.0 Å². The zero-order valence-corrected chi connectivity index (χ0v) is 15.6. The molecular formula is C21H19NOPt. The number of fused-ring (bicyclic) bond motifs is 1. The van der Waals surface area contributed by atoms with Gasteiger partial charge in [0.25, 0.3) is 0 Å². The summed E-state index contributed by atoms with van der Waals surface area (Å²) in [6, 6.07) is 23.2. The number of nitrogens with zero attached hydrogens (tertiary/aromatic N) is 1. The van der Waals surface area contributed by atoms with Crippen LogP contribution >= 0.6 is 0 Å². The second kappa shape index (κ2) is 8.82. The van der Waals surface area contributed by atoms with E-state index in [-0.39, 0.29) is 0 Å². The Bertz CT molecular complexity index is 843. The summed E-state index contributed by atoms with van der Waals surface area (Å²) in [7, 11) is 0. The van der Waals surface area contributed by atoms with Crippen molar-refractivity contribution in [3.05, 3.63) is 89.6 Å². The van der Waals surface area contributed by atoms with Crippen molar-refractivity contribution in [1.29, 1.82) is 0 Å². The molecule has 0 aliphatic rings. The fourth-order valence-electron chi connectivity index (χ4n) is 2.80. The fraction of sp³-hybridized carbons (Fsp3) is 0.143. The molecule has 124 valence electrons. The third kappa shape index (κ3) is 4.34. The van der Waals surface area contributed by atoms with Crippen LogP contribution in [-0.2, 0) is 37.4 Å². The van der Waals surface area contributed by atoms with Gasteiger partial charge in [-0.05, 0) is 0 Å². The van der Waals surface area contributed by atoms with Gasteiger partial charge >= 0.3 is 124 Å². The molecule has 0 saturated heterocycles. The van der Waals surface area contributed by atoms with Gasteiger partial charge in [0.1, 0.15) is 0 Å². The minimum atomic E-state index is 0.664. The normalized spacial score (nSPS) is 11.2. The van der Waals surface area contributed by atoms with Crippen LogP contribution < -0.4 is 0 Å². The maximum absolute atomic E-state index is 5.84. The first-order chi connectivity index (χ1) is 11.9. The molecule has 0 radical (unpaired) electrons. The summed E-state index contributed by atoms with van der Waals surface area (Å²) in [4.78, 5) is 0. The van der Waals surface area contributed by atoms with E-state index in [0.717, 1.165) is 13.0 Å². The van der Waals surface area contributed by atoms with Gasteiger partial charge in [0.2, 0.25) is 0 Å². The van der Waals surface area contributed by atoms with Crippen LogP contribution in [0, 0.1) is 0 Å². The van der Waals surface area contributed by atoms with Crippen molar-refractivity contribution in [1.82, 2.24) is 0 Å². The molecule has 0 aliphatic carbocycles. The summed E-state index contributed by atoms with van der Waals surface area (Å²) in [6.07, 6.45) is 4.78. The average Bonchev–Trinajstić information content (AvgIpc) is 2.65. The summed E-state index contributed by atoms with van der Waals surface area (Å²) < 4.78 is 9.86. The zero-order chi connectivity index (χ0) is 16.6. The molecule has 0 aromatic heterocycles. The Kier molecular flexibility index (Phi) is 6.23. The Balaban J connectivity index is 1.71. The van der Waals surface area contributed by atoms with Gasteiger partial charge in [-0.3, -0.25) is 0 Å². The second-order valence-electron chi connectivity index (χ2n) is 5.55. The number of hydrogen-bond acceptors (Lipinski definition) is 2. The molecule has 3 rings (SSSR count). The van der Waals surface area contributed by atoms with Crippen molar-refractivity contribution in [3.63, 3.8) is 0 Å². The zero-order valence-electron chi connectivity index (χ0n) is 13.3. The van der Waals surface area contributed by atoms with Crippen LogP contribution in [0.5, 0.6) is 0 Å². The van der Waals surface area contributed by atoms with Crippen molar-refractivity contribution >= 4 is 16.8 Å². The van der Waals surface area contributed by atoms with Gasteiger partial charge < -0.3 is 0 Å². The summed E-state index contributed by atoms with van der Waals surface area (Å²) >= 11 is 1.98. The Hall–Kier alpha value is -1.89. The quantitative estimate of drug-likeness (QED) is 0.407. The maximum atomic E-state index is 5.84. The molecule has 3 aromatic rings. The molecule has 0 unspecified atom stereocenters. The number of rotatable bonds is 7. The molecule has 0 spiro atoms. The van der Waals surface area contributed by atoms with E-state index in [1.54, 1.807) is 0 Å². The summed E-state index contributed by atoms with van der Waals surface area (Å²) in [5, 5.41) is 2.55. The van der Waals surface area contributed by atoms with Crippen LogP contribution in [0.2, 0.25) is 0 Å². The molecule has 0 N–H and O–H groups in total. The van der Waals surface area contributed by atoms with Crippen LogP contribution in [0.25, 0.3) is 16.8 Å². The molecule has 2 nitrogen and oxygen atoms in total. The number of hydrogen-bond donors (Lipinski definition) is 0. The van der Waals surface area contributed by atoms with Crippen LogP contribution in [0.4, 0.5) is 0 Å². The Labute approximate surface area is 153 Å². The molecule has 0 aliphatic heterocycles. The minimum absolute atomic E-state index is 0.664. The van der Waals surface area contributed by atoms with Crippen LogP contribution in [0.15, 0.2) is 76.4 Å². The van der Waals surface area contributed by atoms with E-state index in [1.165, 1.54) is 27.5 Å². The van der Waals surface area contributed by atoms with E-state index >= 15 is 0 Å². The van der Waals surface area contributed by atoms with Crippen LogP contribution in [0.3, 0.4) is 0 Å². The topological polar surface area (TPSA) is 21.6 Å². The van der Waals surface area contributed by atoms with Gasteiger partial charge in [-0.15, -0.1) is 0 Å². The first-order valence-electron chi connectivity index (χ1n) is 7.95. The van der Waals surface area contributed by atoms with Gasteiger partial charge in [-0.2, -0.15) is 0 Å². The first kappa shape index (κ1) is 16.9. The van der Waals surface area contributed by atoms with Crippen molar-refractivity contribution in [3.8, 4) is 0 Å². The first-order valence-corrected chi connectivity index (χ1v) is 8.97. The summed E-state index contributed by atoms with van der Waals surface area (Å²) in [5.41, 5.74) is 3.73. The summed E-state index contributed by atoms with van der Waals surface area (Å²) in [5.74, 6) is 0. The molecule has 0 bridgehead atoms.